The lowest BCUT2D eigenvalue weighted by atomic mass is 10.1. The molecule has 0 aromatic carbocycles. The lowest BCUT2D eigenvalue weighted by Crippen LogP contribution is -2.43. The van der Waals surface area contributed by atoms with Gasteiger partial charge in [0.05, 0.1) is 5.75 Å². The van der Waals surface area contributed by atoms with E-state index in [-0.39, 0.29) is 0 Å². The molecule has 1 rings (SSSR count). The van der Waals surface area contributed by atoms with Crippen molar-refractivity contribution in [3.63, 3.8) is 0 Å². The van der Waals surface area contributed by atoms with E-state index in [1.807, 2.05) is 0 Å². The minimum Gasteiger partial charge on any atom is -0.312 e. The van der Waals surface area contributed by atoms with Gasteiger partial charge in [-0.1, -0.05) is 0 Å². The number of nitrogens with zero attached hydrogens (tertiary/aromatic N) is 1. The van der Waals surface area contributed by atoms with Gasteiger partial charge < -0.3 is 10.2 Å². The molecule has 1 heterocycles. The van der Waals surface area contributed by atoms with Crippen molar-refractivity contribution in [2.75, 3.05) is 31.6 Å². The molecule has 0 aromatic rings. The van der Waals surface area contributed by atoms with Crippen molar-refractivity contribution in [3.8, 4) is 0 Å². The molecule has 1 aliphatic rings. The minimum absolute atomic E-state index is 0.312. The normalized spacial score (nSPS) is 28.6. The van der Waals surface area contributed by atoms with Gasteiger partial charge in [0.15, 0.2) is 0 Å². The van der Waals surface area contributed by atoms with Crippen LogP contribution in [-0.4, -0.2) is 57.0 Å². The molecule has 2 unspecified atom stereocenters. The topological polar surface area (TPSA) is 49.4 Å². The van der Waals surface area contributed by atoms with E-state index >= 15 is 0 Å². The minimum atomic E-state index is -2.80. The standard InChI is InChI=1S/C12H26N2O2S/c1-11-5-8-14(9-6-12(2)13-11)7-4-10-17(3,15)16/h11-13H,4-10H2,1-3H3. The zero-order valence-electron chi connectivity index (χ0n) is 11.3. The Balaban J connectivity index is 2.32. The highest BCUT2D eigenvalue weighted by Crippen LogP contribution is 2.07. The molecule has 0 bridgehead atoms. The molecule has 0 saturated carbocycles. The van der Waals surface area contributed by atoms with Gasteiger partial charge in [-0.15, -0.1) is 0 Å². The fraction of sp³-hybridized carbons (Fsp3) is 1.00. The van der Waals surface area contributed by atoms with Gasteiger partial charge in [0, 0.05) is 18.3 Å². The van der Waals surface area contributed by atoms with E-state index in [4.69, 9.17) is 0 Å². The monoisotopic (exact) mass is 262 g/mol. The van der Waals surface area contributed by atoms with Gasteiger partial charge >= 0.3 is 0 Å². The summed E-state index contributed by atoms with van der Waals surface area (Å²) in [6.07, 6.45) is 4.36. The summed E-state index contributed by atoms with van der Waals surface area (Å²) in [6, 6.07) is 1.12. The molecule has 1 aliphatic heterocycles. The quantitative estimate of drug-likeness (QED) is 0.817. The summed E-state index contributed by atoms with van der Waals surface area (Å²) >= 11 is 0. The largest absolute Gasteiger partial charge is 0.312 e. The lowest BCUT2D eigenvalue weighted by molar-refractivity contribution is 0.219. The Kier molecular flexibility index (Phi) is 5.89. The predicted octanol–water partition coefficient (Wildman–Crippen LogP) is 0.884. The van der Waals surface area contributed by atoms with Crippen molar-refractivity contribution < 1.29 is 8.42 Å². The second-order valence-electron chi connectivity index (χ2n) is 5.37. The number of sulfone groups is 1. The smallest absolute Gasteiger partial charge is 0.147 e. The average molecular weight is 262 g/mol. The van der Waals surface area contributed by atoms with E-state index in [0.717, 1.165) is 38.9 Å². The van der Waals surface area contributed by atoms with E-state index in [2.05, 4.69) is 24.1 Å². The molecule has 5 heteroatoms. The summed E-state index contributed by atoms with van der Waals surface area (Å²) in [7, 11) is -2.80. The van der Waals surface area contributed by atoms with E-state index in [1.54, 1.807) is 0 Å². The molecule has 2 atom stereocenters. The predicted molar refractivity (Wildman–Crippen MR) is 72.1 cm³/mol. The van der Waals surface area contributed by atoms with Gasteiger partial charge in [0.25, 0.3) is 0 Å². The number of nitrogens with one attached hydrogen (secondary N) is 1. The van der Waals surface area contributed by atoms with Crippen LogP contribution >= 0.6 is 0 Å². The van der Waals surface area contributed by atoms with Gasteiger partial charge in [0.1, 0.15) is 9.84 Å². The molecule has 0 amide bonds. The SMILES string of the molecule is CC1CCN(CCCS(C)(=O)=O)CCC(C)N1. The van der Waals surface area contributed by atoms with Crippen LogP contribution in [0.3, 0.4) is 0 Å². The van der Waals surface area contributed by atoms with E-state index in [0.29, 0.717) is 17.8 Å². The highest BCUT2D eigenvalue weighted by Gasteiger charge is 2.15. The number of rotatable bonds is 4. The first-order valence-corrected chi connectivity index (χ1v) is 8.59. The van der Waals surface area contributed by atoms with E-state index in [1.165, 1.54) is 6.26 Å². The van der Waals surface area contributed by atoms with E-state index in [9.17, 15) is 8.42 Å². The van der Waals surface area contributed by atoms with Crippen molar-refractivity contribution in [3.05, 3.63) is 0 Å². The molecule has 1 N–H and O–H groups in total. The van der Waals surface area contributed by atoms with Crippen LogP contribution in [0, 0.1) is 0 Å². The van der Waals surface area contributed by atoms with Crippen LogP contribution in [0.4, 0.5) is 0 Å². The Morgan fingerprint density at radius 1 is 1.18 bits per heavy atom. The van der Waals surface area contributed by atoms with Gasteiger partial charge in [-0.25, -0.2) is 8.42 Å². The fourth-order valence-corrected chi connectivity index (χ4v) is 2.94. The zero-order chi connectivity index (χ0) is 12.9. The van der Waals surface area contributed by atoms with E-state index < -0.39 is 9.84 Å². The third-order valence-corrected chi connectivity index (χ3v) is 4.35. The molecule has 0 aromatic heterocycles. The molecule has 1 saturated heterocycles. The van der Waals surface area contributed by atoms with Crippen molar-refractivity contribution in [1.29, 1.82) is 0 Å². The fourth-order valence-electron chi connectivity index (χ4n) is 2.29. The average Bonchev–Trinajstić information content (AvgIpc) is 2.17. The highest BCUT2D eigenvalue weighted by atomic mass is 32.2. The lowest BCUT2D eigenvalue weighted by Gasteiger charge is -2.30. The van der Waals surface area contributed by atoms with Crippen LogP contribution in [0.5, 0.6) is 0 Å². The van der Waals surface area contributed by atoms with Crippen LogP contribution < -0.4 is 5.32 Å². The Bertz CT molecular complexity index is 304. The first-order chi connectivity index (χ1) is 7.87. The maximum atomic E-state index is 11.1. The summed E-state index contributed by atoms with van der Waals surface area (Å²) in [5.41, 5.74) is 0. The molecular weight excluding hydrogens is 236 g/mol. The Labute approximate surface area is 106 Å². The van der Waals surface area contributed by atoms with Gasteiger partial charge in [-0.3, -0.25) is 0 Å². The highest BCUT2D eigenvalue weighted by molar-refractivity contribution is 7.90. The summed E-state index contributed by atoms with van der Waals surface area (Å²) < 4.78 is 22.1. The molecule has 4 nitrogen and oxygen atoms in total. The second kappa shape index (κ2) is 6.71. The zero-order valence-corrected chi connectivity index (χ0v) is 12.1. The van der Waals surface area contributed by atoms with Crippen LogP contribution in [0.1, 0.15) is 33.1 Å². The third-order valence-electron chi connectivity index (χ3n) is 3.32. The maximum Gasteiger partial charge on any atom is 0.147 e. The number of hydrogen-bond acceptors (Lipinski definition) is 4. The van der Waals surface area contributed by atoms with Gasteiger partial charge in [0.2, 0.25) is 0 Å². The third kappa shape index (κ3) is 7.01. The molecule has 17 heavy (non-hydrogen) atoms. The first-order valence-electron chi connectivity index (χ1n) is 6.53. The Hall–Kier alpha value is -0.130. The van der Waals surface area contributed by atoms with Gasteiger partial charge in [-0.05, 0) is 52.7 Å². The van der Waals surface area contributed by atoms with Crippen molar-refractivity contribution in [2.45, 2.75) is 45.2 Å². The number of hydrogen-bond donors (Lipinski definition) is 1. The Morgan fingerprint density at radius 3 is 2.18 bits per heavy atom. The second-order valence-corrected chi connectivity index (χ2v) is 7.63. The maximum absolute atomic E-state index is 11.1. The molecule has 102 valence electrons. The summed E-state index contributed by atoms with van der Waals surface area (Å²) in [5, 5.41) is 3.56. The van der Waals surface area contributed by atoms with Crippen LogP contribution in [0.15, 0.2) is 0 Å². The van der Waals surface area contributed by atoms with Crippen molar-refractivity contribution >= 4 is 9.84 Å². The Morgan fingerprint density at radius 2 is 1.71 bits per heavy atom. The summed E-state index contributed by atoms with van der Waals surface area (Å²) in [4.78, 5) is 2.40. The van der Waals surface area contributed by atoms with Crippen molar-refractivity contribution in [2.24, 2.45) is 0 Å². The molecular formula is C12H26N2O2S. The van der Waals surface area contributed by atoms with Crippen LogP contribution in [0.25, 0.3) is 0 Å². The first kappa shape index (κ1) is 14.9. The van der Waals surface area contributed by atoms with Gasteiger partial charge in [-0.2, -0.15) is 0 Å². The molecule has 0 radical (unpaired) electrons. The van der Waals surface area contributed by atoms with Crippen molar-refractivity contribution in [1.82, 2.24) is 10.2 Å². The summed E-state index contributed by atoms with van der Waals surface area (Å²) in [5.74, 6) is 0.312. The van der Waals surface area contributed by atoms with Crippen LogP contribution in [-0.2, 0) is 9.84 Å². The summed E-state index contributed by atoms with van der Waals surface area (Å²) in [6.45, 7) is 7.49. The molecule has 1 fully saturated rings. The molecule has 0 aliphatic carbocycles. The molecule has 0 spiro atoms. The van der Waals surface area contributed by atoms with Crippen LogP contribution in [0.2, 0.25) is 0 Å².